The fourth-order valence-corrected chi connectivity index (χ4v) is 2.75. The van der Waals surface area contributed by atoms with Crippen molar-refractivity contribution in [2.75, 3.05) is 0 Å². The molecule has 0 radical (unpaired) electrons. The van der Waals surface area contributed by atoms with Gasteiger partial charge in [0.15, 0.2) is 0 Å². The first kappa shape index (κ1) is 12.0. The molecular formula is C15H15NO3. The van der Waals surface area contributed by atoms with Gasteiger partial charge in [0.05, 0.1) is 11.3 Å². The molecule has 0 saturated carbocycles. The Hall–Kier alpha value is -2.10. The van der Waals surface area contributed by atoms with Crippen LogP contribution in [0.5, 0.6) is 0 Å². The maximum Gasteiger partial charge on any atom is 0.337 e. The van der Waals surface area contributed by atoms with E-state index in [0.29, 0.717) is 11.3 Å². The number of nitrogens with one attached hydrogen (secondary N) is 1. The molecular weight excluding hydrogens is 242 g/mol. The van der Waals surface area contributed by atoms with Gasteiger partial charge in [-0.25, -0.2) is 4.79 Å². The molecule has 2 aliphatic heterocycles. The van der Waals surface area contributed by atoms with Gasteiger partial charge in [0.1, 0.15) is 5.60 Å². The van der Waals surface area contributed by atoms with Crippen molar-refractivity contribution in [3.63, 3.8) is 0 Å². The first-order valence-corrected chi connectivity index (χ1v) is 6.32. The first-order chi connectivity index (χ1) is 8.99. The summed E-state index contributed by atoms with van der Waals surface area (Å²) in [6.07, 6.45) is 0.286. The lowest BCUT2D eigenvalue weighted by Gasteiger charge is -2.27. The van der Waals surface area contributed by atoms with Gasteiger partial charge in [-0.2, -0.15) is 0 Å². The Balaban J connectivity index is 2.13. The molecule has 2 aliphatic rings. The van der Waals surface area contributed by atoms with Crippen LogP contribution in [0.15, 0.2) is 41.6 Å². The zero-order chi connectivity index (χ0) is 13.6. The highest BCUT2D eigenvalue weighted by Gasteiger charge is 2.47. The number of hydrogen-bond donors (Lipinski definition) is 1. The molecule has 0 spiro atoms. The molecule has 3 rings (SSSR count). The van der Waals surface area contributed by atoms with E-state index in [1.807, 2.05) is 30.3 Å². The Morgan fingerprint density at radius 2 is 1.89 bits per heavy atom. The Morgan fingerprint density at radius 3 is 2.58 bits per heavy atom. The maximum absolute atomic E-state index is 12.1. The Bertz CT molecular complexity index is 587. The van der Waals surface area contributed by atoms with Crippen molar-refractivity contribution in [2.24, 2.45) is 0 Å². The number of benzene rings is 1. The minimum atomic E-state index is -0.754. The van der Waals surface area contributed by atoms with Crippen molar-refractivity contribution in [3.8, 4) is 0 Å². The normalized spacial score (nSPS) is 24.8. The van der Waals surface area contributed by atoms with Crippen molar-refractivity contribution in [1.29, 1.82) is 0 Å². The number of carbonyl (C=O) groups excluding carboxylic acids is 2. The summed E-state index contributed by atoms with van der Waals surface area (Å²) < 4.78 is 5.37. The number of amides is 1. The molecule has 1 aromatic rings. The van der Waals surface area contributed by atoms with Gasteiger partial charge < -0.3 is 10.1 Å². The van der Waals surface area contributed by atoms with E-state index in [4.69, 9.17) is 4.74 Å². The van der Waals surface area contributed by atoms with Crippen LogP contribution >= 0.6 is 0 Å². The SMILES string of the molecule is CC1(C)OC(=O)C2=C1NC(=O)C[C@@H]2c1ccccc1. The van der Waals surface area contributed by atoms with Gasteiger partial charge in [-0.05, 0) is 19.4 Å². The fourth-order valence-electron chi connectivity index (χ4n) is 2.75. The van der Waals surface area contributed by atoms with Crippen LogP contribution in [0.3, 0.4) is 0 Å². The molecule has 0 fully saturated rings. The zero-order valence-electron chi connectivity index (χ0n) is 10.9. The molecule has 0 unspecified atom stereocenters. The zero-order valence-corrected chi connectivity index (χ0v) is 10.9. The molecule has 0 aliphatic carbocycles. The molecule has 1 N–H and O–H groups in total. The van der Waals surface area contributed by atoms with Gasteiger partial charge in [-0.3, -0.25) is 4.79 Å². The van der Waals surface area contributed by atoms with E-state index in [9.17, 15) is 9.59 Å². The van der Waals surface area contributed by atoms with E-state index in [2.05, 4.69) is 5.32 Å². The number of carbonyl (C=O) groups is 2. The second-order valence-electron chi connectivity index (χ2n) is 5.40. The minimum absolute atomic E-state index is 0.0704. The summed E-state index contributed by atoms with van der Waals surface area (Å²) in [6.45, 7) is 3.59. The van der Waals surface area contributed by atoms with Gasteiger partial charge in [-0.1, -0.05) is 30.3 Å². The van der Waals surface area contributed by atoms with Crippen LogP contribution in [0, 0.1) is 0 Å². The molecule has 0 bridgehead atoms. The largest absolute Gasteiger partial charge is 0.450 e. The number of hydrogen-bond acceptors (Lipinski definition) is 3. The molecule has 19 heavy (non-hydrogen) atoms. The molecule has 1 amide bonds. The fraction of sp³-hybridized carbons (Fsp3) is 0.333. The summed E-state index contributed by atoms with van der Waals surface area (Å²) in [4.78, 5) is 24.0. The molecule has 4 heteroatoms. The number of ether oxygens (including phenoxy) is 1. The average Bonchev–Trinajstić information content (AvgIpc) is 2.60. The topological polar surface area (TPSA) is 55.4 Å². The van der Waals surface area contributed by atoms with Crippen molar-refractivity contribution in [2.45, 2.75) is 31.8 Å². The summed E-state index contributed by atoms with van der Waals surface area (Å²) in [5, 5.41) is 2.79. The van der Waals surface area contributed by atoms with Crippen LogP contribution in [-0.2, 0) is 14.3 Å². The third-order valence-corrected chi connectivity index (χ3v) is 3.64. The van der Waals surface area contributed by atoms with Gasteiger partial charge in [0.2, 0.25) is 5.91 Å². The van der Waals surface area contributed by atoms with Crippen LogP contribution in [0.1, 0.15) is 31.7 Å². The van der Waals surface area contributed by atoms with Crippen LogP contribution < -0.4 is 5.32 Å². The molecule has 2 heterocycles. The molecule has 1 aromatic carbocycles. The standard InChI is InChI=1S/C15H15NO3/c1-15(2)13-12(14(18)19-15)10(8-11(17)16-13)9-6-4-3-5-7-9/h3-7,10H,8H2,1-2H3,(H,16,17)/t10-/m1/s1. The molecule has 0 saturated heterocycles. The van der Waals surface area contributed by atoms with E-state index in [-0.39, 0.29) is 24.2 Å². The van der Waals surface area contributed by atoms with Gasteiger partial charge >= 0.3 is 5.97 Å². The summed E-state index contributed by atoms with van der Waals surface area (Å²) in [5.74, 6) is -0.605. The van der Waals surface area contributed by atoms with Gasteiger partial charge in [0.25, 0.3) is 0 Å². The third kappa shape index (κ3) is 1.84. The summed E-state index contributed by atoms with van der Waals surface area (Å²) in [7, 11) is 0. The predicted octanol–water partition coefficient (Wildman–Crippen LogP) is 1.88. The Morgan fingerprint density at radius 1 is 1.21 bits per heavy atom. The highest BCUT2D eigenvalue weighted by Crippen LogP contribution is 2.42. The summed E-state index contributed by atoms with van der Waals surface area (Å²) >= 11 is 0. The van der Waals surface area contributed by atoms with E-state index in [0.717, 1.165) is 5.56 Å². The maximum atomic E-state index is 12.1. The molecule has 98 valence electrons. The smallest absolute Gasteiger partial charge is 0.337 e. The summed E-state index contributed by atoms with van der Waals surface area (Å²) in [6, 6.07) is 9.61. The molecule has 0 aromatic heterocycles. The van der Waals surface area contributed by atoms with Crippen LogP contribution in [-0.4, -0.2) is 17.5 Å². The van der Waals surface area contributed by atoms with Crippen molar-refractivity contribution in [1.82, 2.24) is 5.32 Å². The monoisotopic (exact) mass is 257 g/mol. The lowest BCUT2D eigenvalue weighted by molar-refractivity contribution is -0.144. The minimum Gasteiger partial charge on any atom is -0.450 e. The van der Waals surface area contributed by atoms with Crippen molar-refractivity contribution >= 4 is 11.9 Å². The van der Waals surface area contributed by atoms with Crippen molar-refractivity contribution in [3.05, 3.63) is 47.2 Å². The second kappa shape index (κ2) is 3.95. The van der Waals surface area contributed by atoms with E-state index >= 15 is 0 Å². The average molecular weight is 257 g/mol. The lowest BCUT2D eigenvalue weighted by Crippen LogP contribution is -2.38. The number of esters is 1. The highest BCUT2D eigenvalue weighted by atomic mass is 16.6. The third-order valence-electron chi connectivity index (χ3n) is 3.64. The van der Waals surface area contributed by atoms with E-state index in [1.54, 1.807) is 13.8 Å². The summed E-state index contributed by atoms with van der Waals surface area (Å²) in [5.41, 5.74) is 1.42. The van der Waals surface area contributed by atoms with E-state index in [1.165, 1.54) is 0 Å². The second-order valence-corrected chi connectivity index (χ2v) is 5.40. The van der Waals surface area contributed by atoms with Gasteiger partial charge in [-0.15, -0.1) is 0 Å². The van der Waals surface area contributed by atoms with Gasteiger partial charge in [0, 0.05) is 12.3 Å². The quantitative estimate of drug-likeness (QED) is 0.781. The number of rotatable bonds is 1. The van der Waals surface area contributed by atoms with Crippen LogP contribution in [0.25, 0.3) is 0 Å². The highest BCUT2D eigenvalue weighted by molar-refractivity contribution is 5.99. The Labute approximate surface area is 111 Å². The molecule has 1 atom stereocenters. The van der Waals surface area contributed by atoms with Crippen molar-refractivity contribution < 1.29 is 14.3 Å². The van der Waals surface area contributed by atoms with Crippen LogP contribution in [0.2, 0.25) is 0 Å². The molecule has 4 nitrogen and oxygen atoms in total. The predicted molar refractivity (Wildman–Crippen MR) is 69.1 cm³/mol. The lowest BCUT2D eigenvalue weighted by atomic mass is 9.83. The number of cyclic esters (lactones) is 1. The first-order valence-electron chi connectivity index (χ1n) is 6.32. The van der Waals surface area contributed by atoms with Crippen LogP contribution in [0.4, 0.5) is 0 Å². The Kier molecular flexibility index (Phi) is 2.49. The van der Waals surface area contributed by atoms with E-state index < -0.39 is 5.60 Å².